The van der Waals surface area contributed by atoms with E-state index in [-0.39, 0.29) is 5.60 Å². The third kappa shape index (κ3) is 1.76. The van der Waals surface area contributed by atoms with Gasteiger partial charge in [-0.3, -0.25) is 0 Å². The van der Waals surface area contributed by atoms with Gasteiger partial charge in [0.15, 0.2) is 5.75 Å². The third-order valence-electron chi connectivity index (χ3n) is 2.33. The van der Waals surface area contributed by atoms with E-state index in [1.807, 2.05) is 13.8 Å². The average Bonchev–Trinajstić information content (AvgIpc) is 2.47. The molecule has 1 aliphatic rings. The van der Waals surface area contributed by atoms with E-state index in [0.29, 0.717) is 16.5 Å². The maximum absolute atomic E-state index is 10.2. The van der Waals surface area contributed by atoms with Crippen LogP contribution in [0.5, 0.6) is 5.75 Å². The highest BCUT2D eigenvalue weighted by atomic mass is 35.5. The van der Waals surface area contributed by atoms with Crippen LogP contribution in [0.2, 0.25) is 5.02 Å². The van der Waals surface area contributed by atoms with Crippen molar-refractivity contribution in [1.29, 1.82) is 0 Å². The monoisotopic (exact) mass is 223 g/mol. The zero-order chi connectivity index (χ0) is 11.1. The topological polar surface area (TPSA) is 38.7 Å². The molecule has 4 heteroatoms. The third-order valence-corrected chi connectivity index (χ3v) is 2.68. The van der Waals surface area contributed by atoms with Crippen LogP contribution in [-0.2, 0) is 11.2 Å². The van der Waals surface area contributed by atoms with Gasteiger partial charge in [0.25, 0.3) is 0 Å². The summed E-state index contributed by atoms with van der Waals surface area (Å²) in [5.74, 6) is 0.607. The lowest BCUT2D eigenvalue weighted by molar-refractivity contribution is 0.139. The summed E-state index contributed by atoms with van der Waals surface area (Å²) in [6.45, 7) is 3.94. The van der Waals surface area contributed by atoms with Crippen molar-refractivity contribution in [3.8, 4) is 5.75 Å². The van der Waals surface area contributed by atoms with Crippen LogP contribution in [0.15, 0.2) is 17.1 Å². The van der Waals surface area contributed by atoms with Gasteiger partial charge in [0.1, 0.15) is 11.3 Å². The molecule has 0 amide bonds. The Kier molecular flexibility index (Phi) is 2.29. The van der Waals surface area contributed by atoms with Crippen LogP contribution in [-0.4, -0.2) is 11.7 Å². The number of nitrogens with zero attached hydrogens (tertiary/aromatic N) is 1. The van der Waals surface area contributed by atoms with Gasteiger partial charge in [0, 0.05) is 17.0 Å². The molecule has 0 spiro atoms. The minimum absolute atomic E-state index is 0.291. The first-order valence-corrected chi connectivity index (χ1v) is 4.99. The quantitative estimate of drug-likeness (QED) is 0.542. The smallest absolute Gasteiger partial charge is 0.240 e. The molecule has 0 N–H and O–H groups in total. The lowest BCUT2D eigenvalue weighted by atomic mass is 10.0. The fourth-order valence-electron chi connectivity index (χ4n) is 1.75. The fourth-order valence-corrected chi connectivity index (χ4v) is 1.96. The number of hydrogen-bond acceptors (Lipinski definition) is 3. The number of isocyanates is 1. The molecule has 0 fully saturated rings. The Bertz CT molecular complexity index is 462. The van der Waals surface area contributed by atoms with Gasteiger partial charge in [-0.2, -0.15) is 4.99 Å². The van der Waals surface area contributed by atoms with Crippen molar-refractivity contribution in [1.82, 2.24) is 0 Å². The van der Waals surface area contributed by atoms with E-state index in [2.05, 4.69) is 4.99 Å². The van der Waals surface area contributed by atoms with Crippen LogP contribution in [0.25, 0.3) is 0 Å². The summed E-state index contributed by atoms with van der Waals surface area (Å²) >= 11 is 6.05. The van der Waals surface area contributed by atoms with Gasteiger partial charge in [-0.15, -0.1) is 0 Å². The molecule has 0 aliphatic carbocycles. The second-order valence-corrected chi connectivity index (χ2v) is 4.52. The van der Waals surface area contributed by atoms with Crippen molar-refractivity contribution in [3.63, 3.8) is 0 Å². The molecule has 0 saturated carbocycles. The van der Waals surface area contributed by atoms with Crippen molar-refractivity contribution in [2.45, 2.75) is 25.9 Å². The second kappa shape index (κ2) is 3.37. The number of fused-ring (bicyclic) bond motifs is 1. The van der Waals surface area contributed by atoms with E-state index in [4.69, 9.17) is 16.3 Å². The first-order chi connectivity index (χ1) is 7.03. The Hall–Kier alpha value is -1.31. The van der Waals surface area contributed by atoms with Crippen molar-refractivity contribution >= 4 is 23.4 Å². The maximum atomic E-state index is 10.2. The first kappa shape index (κ1) is 10.2. The zero-order valence-corrected chi connectivity index (χ0v) is 9.26. The molecule has 1 aromatic rings. The van der Waals surface area contributed by atoms with Crippen LogP contribution in [0.4, 0.5) is 5.69 Å². The number of rotatable bonds is 1. The highest BCUT2D eigenvalue weighted by Gasteiger charge is 2.33. The van der Waals surface area contributed by atoms with Gasteiger partial charge in [-0.1, -0.05) is 11.6 Å². The summed E-state index contributed by atoms with van der Waals surface area (Å²) in [5, 5.41) is 0.653. The molecular formula is C11H10ClNO2. The van der Waals surface area contributed by atoms with E-state index in [1.54, 1.807) is 12.1 Å². The largest absolute Gasteiger partial charge is 0.485 e. The van der Waals surface area contributed by atoms with Crippen LogP contribution < -0.4 is 4.74 Å². The summed E-state index contributed by atoms with van der Waals surface area (Å²) in [5.41, 5.74) is 1.12. The standard InChI is InChI=1S/C11H10ClNO2/c1-11(2)5-7-8(12)3-4-9(13-6-14)10(7)15-11/h3-4H,5H2,1-2H3. The summed E-state index contributed by atoms with van der Waals surface area (Å²) in [6, 6.07) is 3.38. The maximum Gasteiger partial charge on any atom is 0.240 e. The molecule has 0 atom stereocenters. The highest BCUT2D eigenvalue weighted by Crippen LogP contribution is 2.44. The molecule has 1 aliphatic heterocycles. The summed E-state index contributed by atoms with van der Waals surface area (Å²) in [7, 11) is 0. The van der Waals surface area contributed by atoms with Gasteiger partial charge in [0.2, 0.25) is 6.08 Å². The SMILES string of the molecule is CC1(C)Cc2c(Cl)ccc(N=C=O)c2O1. The number of hydrogen-bond donors (Lipinski definition) is 0. The van der Waals surface area contributed by atoms with Crippen LogP contribution >= 0.6 is 11.6 Å². The average molecular weight is 224 g/mol. The molecule has 0 bridgehead atoms. The molecule has 0 unspecified atom stereocenters. The zero-order valence-electron chi connectivity index (χ0n) is 8.50. The van der Waals surface area contributed by atoms with Gasteiger partial charge in [0.05, 0.1) is 0 Å². The summed E-state index contributed by atoms with van der Waals surface area (Å²) in [6.07, 6.45) is 2.24. The molecule has 1 heterocycles. The van der Waals surface area contributed by atoms with Crippen molar-refractivity contribution in [2.75, 3.05) is 0 Å². The van der Waals surface area contributed by atoms with Gasteiger partial charge in [-0.05, 0) is 26.0 Å². The minimum Gasteiger partial charge on any atom is -0.485 e. The lowest BCUT2D eigenvalue weighted by Gasteiger charge is -2.17. The second-order valence-electron chi connectivity index (χ2n) is 4.12. The van der Waals surface area contributed by atoms with E-state index in [1.165, 1.54) is 6.08 Å². The molecule has 3 nitrogen and oxygen atoms in total. The van der Waals surface area contributed by atoms with E-state index in [9.17, 15) is 4.79 Å². The Morgan fingerprint density at radius 3 is 2.93 bits per heavy atom. The van der Waals surface area contributed by atoms with Gasteiger partial charge in [-0.25, -0.2) is 4.79 Å². The minimum atomic E-state index is -0.291. The molecule has 15 heavy (non-hydrogen) atoms. The number of aliphatic imine (C=N–C) groups is 1. The van der Waals surface area contributed by atoms with E-state index < -0.39 is 0 Å². The Labute approximate surface area is 92.7 Å². The number of halogens is 1. The summed E-state index contributed by atoms with van der Waals surface area (Å²) in [4.78, 5) is 13.8. The summed E-state index contributed by atoms with van der Waals surface area (Å²) < 4.78 is 5.70. The Morgan fingerprint density at radius 1 is 1.53 bits per heavy atom. The highest BCUT2D eigenvalue weighted by molar-refractivity contribution is 6.31. The van der Waals surface area contributed by atoms with Crippen LogP contribution in [0, 0.1) is 0 Å². The Morgan fingerprint density at radius 2 is 2.27 bits per heavy atom. The first-order valence-electron chi connectivity index (χ1n) is 4.62. The molecule has 0 saturated heterocycles. The number of carbonyl (C=O) groups excluding carboxylic acids is 1. The van der Waals surface area contributed by atoms with Crippen molar-refractivity contribution < 1.29 is 9.53 Å². The van der Waals surface area contributed by atoms with Crippen LogP contribution in [0.3, 0.4) is 0 Å². The van der Waals surface area contributed by atoms with Crippen molar-refractivity contribution in [2.24, 2.45) is 4.99 Å². The number of benzene rings is 1. The van der Waals surface area contributed by atoms with E-state index in [0.717, 1.165) is 12.0 Å². The predicted molar refractivity (Wildman–Crippen MR) is 57.6 cm³/mol. The van der Waals surface area contributed by atoms with Gasteiger partial charge >= 0.3 is 0 Å². The normalized spacial score (nSPS) is 16.5. The van der Waals surface area contributed by atoms with E-state index >= 15 is 0 Å². The molecule has 0 radical (unpaired) electrons. The van der Waals surface area contributed by atoms with Crippen LogP contribution in [0.1, 0.15) is 19.4 Å². The number of ether oxygens (including phenoxy) is 1. The molecule has 78 valence electrons. The lowest BCUT2D eigenvalue weighted by Crippen LogP contribution is -2.24. The van der Waals surface area contributed by atoms with Gasteiger partial charge < -0.3 is 4.74 Å². The Balaban J connectivity index is 2.59. The molecule has 1 aromatic carbocycles. The predicted octanol–water partition coefficient (Wildman–Crippen LogP) is 3.02. The fraction of sp³-hybridized carbons (Fsp3) is 0.364. The molecule has 0 aromatic heterocycles. The molecular weight excluding hydrogens is 214 g/mol. The molecule has 2 rings (SSSR count). The van der Waals surface area contributed by atoms with Crippen molar-refractivity contribution in [3.05, 3.63) is 22.7 Å².